The Bertz CT molecular complexity index is 2740. The second kappa shape index (κ2) is 30.1. The molecule has 79 heavy (non-hydrogen) atoms. The topological polar surface area (TPSA) is 251 Å². The van der Waals surface area contributed by atoms with Gasteiger partial charge in [-0.25, -0.2) is 13.1 Å². The van der Waals surface area contributed by atoms with E-state index in [4.69, 9.17) is 5.73 Å². The highest BCUT2D eigenvalue weighted by Crippen LogP contribution is 2.29. The molecular weight excluding hydrogens is 1020 g/mol. The van der Waals surface area contributed by atoms with Crippen molar-refractivity contribution in [3.05, 3.63) is 131 Å². The number of unbranched alkanes of at least 4 members (excludes halogenated alkanes) is 3. The van der Waals surface area contributed by atoms with Crippen molar-refractivity contribution < 1.29 is 46.8 Å². The van der Waals surface area contributed by atoms with Gasteiger partial charge in [-0.15, -0.1) is 0 Å². The summed E-state index contributed by atoms with van der Waals surface area (Å²) in [5.74, 6) is -4.63. The molecular formula is C61H85N7O10S. The van der Waals surface area contributed by atoms with E-state index in [9.17, 15) is 46.8 Å². The maximum Gasteiger partial charge on any atom is 0.260 e. The fourth-order valence-electron chi connectivity index (χ4n) is 9.77. The number of carbonyl (C=O) groups is 8. The molecule has 0 unspecified atom stereocenters. The molecule has 3 aromatic carbocycles. The zero-order chi connectivity index (χ0) is 58.7. The van der Waals surface area contributed by atoms with Gasteiger partial charge in [0.05, 0.1) is 23.9 Å². The minimum atomic E-state index is -4.24. The number of amides is 6. The normalized spacial score (nSPS) is 15.0. The first kappa shape index (κ1) is 64.9. The number of hydrogen-bond donors (Lipinski definition) is 5. The largest absolute Gasteiger partial charge is 0.346 e. The molecule has 0 spiro atoms. The third-order valence-electron chi connectivity index (χ3n) is 14.5. The molecule has 1 heterocycles. The molecule has 0 aliphatic carbocycles. The average molecular weight is 1110 g/mol. The molecule has 1 aliphatic heterocycles. The Balaban J connectivity index is 1.39. The Morgan fingerprint density at radius 3 is 1.90 bits per heavy atom. The first-order valence-electron chi connectivity index (χ1n) is 27.4. The van der Waals surface area contributed by atoms with Gasteiger partial charge in [0.1, 0.15) is 11.8 Å². The molecule has 4 rings (SSSR count). The molecule has 17 nitrogen and oxygen atoms in total. The molecule has 0 saturated heterocycles. The molecule has 5 atom stereocenters. The molecule has 0 fully saturated rings. The van der Waals surface area contributed by atoms with E-state index >= 15 is 0 Å². The summed E-state index contributed by atoms with van der Waals surface area (Å²) >= 11 is 0. The lowest BCUT2D eigenvalue weighted by Gasteiger charge is -2.40. The quantitative estimate of drug-likeness (QED) is 0.0267. The summed E-state index contributed by atoms with van der Waals surface area (Å²) in [4.78, 5) is 110. The second-order valence-corrected chi connectivity index (χ2v) is 24.5. The number of sulfonamides is 1. The van der Waals surface area contributed by atoms with Crippen molar-refractivity contribution in [3.63, 3.8) is 0 Å². The smallest absolute Gasteiger partial charge is 0.260 e. The van der Waals surface area contributed by atoms with Crippen LogP contribution in [0.15, 0.2) is 109 Å². The average Bonchev–Trinajstić information content (AvgIpc) is 3.72. The van der Waals surface area contributed by atoms with Crippen molar-refractivity contribution >= 4 is 57.0 Å². The molecule has 0 aromatic heterocycles. The van der Waals surface area contributed by atoms with Crippen molar-refractivity contribution in [3.8, 4) is 0 Å². The van der Waals surface area contributed by atoms with Crippen LogP contribution < -0.4 is 26.4 Å². The summed E-state index contributed by atoms with van der Waals surface area (Å²) in [5.41, 5.74) is 7.21. The number of carbonyl (C=O) groups excluding carboxylic acids is 8. The maximum atomic E-state index is 14.4. The Hall–Kier alpha value is -6.63. The van der Waals surface area contributed by atoms with Crippen molar-refractivity contribution in [2.75, 3.05) is 27.2 Å². The summed E-state index contributed by atoms with van der Waals surface area (Å²) in [5, 5.41) is 9.11. The van der Waals surface area contributed by atoms with Crippen LogP contribution in [0.2, 0.25) is 0 Å². The molecule has 0 radical (unpaired) electrons. The standard InChI is InChI=1S/C61H85N7O10S/c1-41(2)50(67(10)59(76)55(60(4,5)6)65-58(75)54(63-9)61(7,8)47-24-16-12-17-25-47)36-42(3)56(73)66-79(77,78)40-45-30-28-44(29-31-45)38-51(70)49(27-19-20-34-62)64-57(74)46(37-43-22-14-11-15-23-43)39-48(69)26-18-13-21-35-68-52(71)32-33-53(68)72/h11-12,14-17,22-25,28-33,36,41,46,49-50,54-55,63H,13,18-21,26-27,34-35,37-40,62H2,1-10H3,(H,64,74)(H,65,75)(H,66,73)/b42-36+/t46-,49+,50-,54-,55-/m1/s1. The number of nitrogens with one attached hydrogen (secondary N) is 4. The summed E-state index contributed by atoms with van der Waals surface area (Å²) in [7, 11) is -0.938. The Kier molecular flexibility index (Phi) is 24.7. The van der Waals surface area contributed by atoms with E-state index in [1.54, 1.807) is 44.4 Å². The molecule has 18 heteroatoms. The van der Waals surface area contributed by atoms with Crippen LogP contribution in [0.3, 0.4) is 0 Å². The molecule has 6 amide bonds. The molecule has 1 aliphatic rings. The van der Waals surface area contributed by atoms with Crippen molar-refractivity contribution in [1.29, 1.82) is 0 Å². The van der Waals surface area contributed by atoms with Crippen LogP contribution in [-0.4, -0.2) is 117 Å². The van der Waals surface area contributed by atoms with Crippen LogP contribution in [0.4, 0.5) is 0 Å². The van der Waals surface area contributed by atoms with Gasteiger partial charge in [-0.3, -0.25) is 43.3 Å². The first-order valence-corrected chi connectivity index (χ1v) is 29.1. The number of nitrogens with zero attached hydrogens (tertiary/aromatic N) is 2. The molecule has 0 saturated carbocycles. The van der Waals surface area contributed by atoms with Gasteiger partial charge in [0, 0.05) is 61.9 Å². The maximum absolute atomic E-state index is 14.4. The Labute approximate surface area is 468 Å². The van der Waals surface area contributed by atoms with Gasteiger partial charge >= 0.3 is 0 Å². The van der Waals surface area contributed by atoms with E-state index in [0.717, 1.165) is 11.1 Å². The number of hydrogen-bond acceptors (Lipinski definition) is 12. The molecule has 0 bridgehead atoms. The monoisotopic (exact) mass is 1110 g/mol. The zero-order valence-electron chi connectivity index (χ0n) is 47.9. The number of ketones is 2. The van der Waals surface area contributed by atoms with Gasteiger partial charge < -0.3 is 26.6 Å². The van der Waals surface area contributed by atoms with E-state index in [2.05, 4.69) is 20.7 Å². The number of nitrogens with two attached hydrogens (primary N) is 1. The minimum Gasteiger partial charge on any atom is -0.346 e. The van der Waals surface area contributed by atoms with Crippen molar-refractivity contribution in [2.24, 2.45) is 23.0 Å². The fourth-order valence-corrected chi connectivity index (χ4v) is 10.9. The van der Waals surface area contributed by atoms with Gasteiger partial charge in [-0.1, -0.05) is 146 Å². The Morgan fingerprint density at radius 2 is 1.33 bits per heavy atom. The lowest BCUT2D eigenvalue weighted by atomic mass is 9.76. The number of Topliss-reactive ketones (excluding diaryl/α,β-unsaturated/α-hetero) is 2. The number of imide groups is 1. The van der Waals surface area contributed by atoms with Crippen LogP contribution in [0.1, 0.15) is 129 Å². The van der Waals surface area contributed by atoms with Gasteiger partial charge in [-0.2, -0.15) is 0 Å². The summed E-state index contributed by atoms with van der Waals surface area (Å²) < 4.78 is 29.1. The van der Waals surface area contributed by atoms with Gasteiger partial charge in [-0.05, 0) is 92.6 Å². The highest BCUT2D eigenvalue weighted by atomic mass is 32.2. The van der Waals surface area contributed by atoms with Crippen LogP contribution >= 0.6 is 0 Å². The predicted octanol–water partition coefficient (Wildman–Crippen LogP) is 6.19. The van der Waals surface area contributed by atoms with Gasteiger partial charge in [0.15, 0.2) is 5.78 Å². The number of benzene rings is 3. The van der Waals surface area contributed by atoms with E-state index in [0.29, 0.717) is 56.2 Å². The Morgan fingerprint density at radius 1 is 0.734 bits per heavy atom. The molecule has 430 valence electrons. The lowest BCUT2D eigenvalue weighted by Crippen LogP contribution is -2.61. The minimum absolute atomic E-state index is 0.0394. The van der Waals surface area contributed by atoms with Crippen LogP contribution in [0.25, 0.3) is 0 Å². The number of rotatable bonds is 32. The summed E-state index contributed by atoms with van der Waals surface area (Å²) in [6, 6.07) is 22.1. The third kappa shape index (κ3) is 19.9. The molecule has 3 aromatic rings. The third-order valence-corrected chi connectivity index (χ3v) is 15.7. The van der Waals surface area contributed by atoms with Crippen LogP contribution in [0, 0.1) is 17.3 Å². The second-order valence-electron chi connectivity index (χ2n) is 22.7. The van der Waals surface area contributed by atoms with Gasteiger partial charge in [0.2, 0.25) is 27.7 Å². The van der Waals surface area contributed by atoms with Crippen LogP contribution in [0.5, 0.6) is 0 Å². The predicted molar refractivity (Wildman–Crippen MR) is 307 cm³/mol. The van der Waals surface area contributed by atoms with E-state index in [1.807, 2.05) is 109 Å². The first-order chi connectivity index (χ1) is 37.2. The lowest BCUT2D eigenvalue weighted by molar-refractivity contribution is -0.141. The highest BCUT2D eigenvalue weighted by Gasteiger charge is 2.42. The van der Waals surface area contributed by atoms with Gasteiger partial charge in [0.25, 0.3) is 17.7 Å². The van der Waals surface area contributed by atoms with Crippen LogP contribution in [-0.2, 0) is 72.4 Å². The highest BCUT2D eigenvalue weighted by molar-refractivity contribution is 7.89. The van der Waals surface area contributed by atoms with E-state index in [1.165, 1.54) is 28.9 Å². The molecule has 6 N–H and O–H groups in total. The summed E-state index contributed by atoms with van der Waals surface area (Å²) in [6.45, 7) is 15.4. The van der Waals surface area contributed by atoms with E-state index in [-0.39, 0.29) is 78.9 Å². The van der Waals surface area contributed by atoms with Crippen molar-refractivity contribution in [2.45, 2.75) is 155 Å². The fraction of sp³-hybridized carbons (Fsp3) is 0.508. The zero-order valence-corrected chi connectivity index (χ0v) is 48.8. The van der Waals surface area contributed by atoms with E-state index < -0.39 is 68.5 Å². The van der Waals surface area contributed by atoms with Crippen molar-refractivity contribution in [1.82, 2.24) is 30.5 Å². The number of likely N-dealkylation sites (N-methyl/N-ethyl adjacent to an activating group) is 2. The SMILES string of the molecule is CN[C@H](C(=O)N[C@H](C(=O)N(C)[C@H](/C=C(\C)C(=O)NS(=O)(=O)Cc1ccc(CC(=O)[C@H](CCCCN)NC(=O)[C@@H](CC(=O)CCCCCN2C(=O)C=CC2=O)Cc2ccccc2)cc1)C(C)C)C(C)(C)C)C(C)(C)c1ccccc1. The summed E-state index contributed by atoms with van der Waals surface area (Å²) in [6.07, 6.45) is 7.60.